The molecule has 0 saturated carbocycles. The van der Waals surface area contributed by atoms with Crippen molar-refractivity contribution >= 4 is 46.0 Å². The molecule has 2 N–H and O–H groups in total. The lowest BCUT2D eigenvalue weighted by molar-refractivity contribution is -0.120. The number of nitrogens with one attached hydrogen (secondary N) is 1. The molecular formula is C23H21N7O4S. The minimum atomic E-state index is -1.31. The van der Waals surface area contributed by atoms with Crippen molar-refractivity contribution in [2.45, 2.75) is 20.8 Å². The number of pyridine rings is 2. The largest absolute Gasteiger partial charge is 0.477 e. The van der Waals surface area contributed by atoms with Crippen LogP contribution < -0.4 is 15.6 Å². The third kappa shape index (κ3) is 4.12. The molecule has 1 fully saturated rings. The maximum atomic E-state index is 12.9. The van der Waals surface area contributed by atoms with Gasteiger partial charge in [0.1, 0.15) is 11.4 Å². The molecule has 5 heterocycles. The molecule has 0 atom stereocenters. The highest BCUT2D eigenvalue weighted by molar-refractivity contribution is 7.12. The number of hydrogen-bond acceptors (Lipinski definition) is 9. The lowest BCUT2D eigenvalue weighted by Gasteiger charge is -2.39. The summed E-state index contributed by atoms with van der Waals surface area (Å²) in [4.78, 5) is 56.7. The molecule has 5 rings (SSSR count). The number of carbonyl (C=O) groups excluding carboxylic acids is 1. The van der Waals surface area contributed by atoms with E-state index >= 15 is 0 Å². The zero-order valence-electron chi connectivity index (χ0n) is 19.1. The average molecular weight is 492 g/mol. The van der Waals surface area contributed by atoms with Gasteiger partial charge in [-0.2, -0.15) is 0 Å². The first-order valence-corrected chi connectivity index (χ1v) is 11.7. The summed E-state index contributed by atoms with van der Waals surface area (Å²) in [6, 6.07) is 3.57. The molecule has 0 bridgehead atoms. The predicted molar refractivity (Wildman–Crippen MR) is 131 cm³/mol. The van der Waals surface area contributed by atoms with Crippen LogP contribution >= 0.6 is 11.3 Å². The Hall–Kier alpha value is -4.19. The molecule has 0 spiro atoms. The minimum absolute atomic E-state index is 0.172. The number of carboxylic acid groups (broad SMARTS) is 1. The lowest BCUT2D eigenvalue weighted by Crippen LogP contribution is -2.52. The van der Waals surface area contributed by atoms with Crippen molar-refractivity contribution in [2.24, 2.45) is 5.92 Å². The Balaban J connectivity index is 1.45. The standard InChI is InChI=1S/C23H21N7O4S/c1-11-6-16(29-8-14(9-29)20(32)28-22-25-12(2)7-13(3)26-22)27-19-17(11)18(31)15(21(33)34)10-30(19)23-24-4-5-35-23/h4-7,10,14H,8-9H2,1-3H3,(H,33,34)(H,25,26,28,32). The number of carboxylic acids is 1. The van der Waals surface area contributed by atoms with E-state index in [2.05, 4.69) is 25.3 Å². The molecule has 1 saturated heterocycles. The van der Waals surface area contributed by atoms with Crippen LogP contribution in [0.15, 0.2) is 34.7 Å². The number of amides is 1. The van der Waals surface area contributed by atoms with Gasteiger partial charge < -0.3 is 10.0 Å². The van der Waals surface area contributed by atoms with Crippen molar-refractivity contribution < 1.29 is 14.7 Å². The van der Waals surface area contributed by atoms with Crippen molar-refractivity contribution in [3.8, 4) is 5.13 Å². The van der Waals surface area contributed by atoms with Crippen molar-refractivity contribution in [3.63, 3.8) is 0 Å². The molecule has 0 aliphatic carbocycles. The van der Waals surface area contributed by atoms with E-state index in [1.807, 2.05) is 24.8 Å². The highest BCUT2D eigenvalue weighted by Gasteiger charge is 2.34. The number of thiazole rings is 1. The number of aromatic carboxylic acids is 1. The van der Waals surface area contributed by atoms with E-state index in [1.165, 1.54) is 22.1 Å². The van der Waals surface area contributed by atoms with Gasteiger partial charge in [0.05, 0.1) is 11.3 Å². The summed E-state index contributed by atoms with van der Waals surface area (Å²) >= 11 is 1.30. The van der Waals surface area contributed by atoms with Gasteiger partial charge in [-0.05, 0) is 38.5 Å². The van der Waals surface area contributed by atoms with Crippen LogP contribution in [0.4, 0.5) is 11.8 Å². The van der Waals surface area contributed by atoms with Crippen LogP contribution in [0.25, 0.3) is 16.2 Å². The molecule has 0 radical (unpaired) electrons. The first-order chi connectivity index (χ1) is 16.7. The summed E-state index contributed by atoms with van der Waals surface area (Å²) in [5.41, 5.74) is 1.53. The summed E-state index contributed by atoms with van der Waals surface area (Å²) in [6.45, 7) is 6.29. The van der Waals surface area contributed by atoms with Gasteiger partial charge in [-0.15, -0.1) is 11.3 Å². The van der Waals surface area contributed by atoms with E-state index in [-0.39, 0.29) is 28.7 Å². The van der Waals surface area contributed by atoms with Gasteiger partial charge in [0.15, 0.2) is 10.8 Å². The second-order valence-electron chi connectivity index (χ2n) is 8.42. The molecule has 1 aliphatic heterocycles. The Morgan fingerprint density at radius 3 is 2.46 bits per heavy atom. The van der Waals surface area contributed by atoms with Gasteiger partial charge in [0.25, 0.3) is 0 Å². The van der Waals surface area contributed by atoms with Crippen LogP contribution in [-0.4, -0.2) is 54.6 Å². The monoisotopic (exact) mass is 491 g/mol. The highest BCUT2D eigenvalue weighted by Crippen LogP contribution is 2.28. The molecule has 35 heavy (non-hydrogen) atoms. The SMILES string of the molecule is Cc1cc(C)nc(NC(=O)C2CN(c3cc(C)c4c(=O)c(C(=O)O)cn(-c5nccs5)c4n3)C2)n1. The molecule has 4 aromatic heterocycles. The summed E-state index contributed by atoms with van der Waals surface area (Å²) in [6.07, 6.45) is 2.86. The number of carbonyl (C=O) groups is 2. The number of aryl methyl sites for hydroxylation is 3. The van der Waals surface area contributed by atoms with Crippen molar-refractivity contribution in [1.29, 1.82) is 0 Å². The van der Waals surface area contributed by atoms with Gasteiger partial charge >= 0.3 is 5.97 Å². The fraction of sp³-hybridized carbons (Fsp3) is 0.261. The Labute approximate surface area is 203 Å². The van der Waals surface area contributed by atoms with E-state index in [0.29, 0.717) is 35.2 Å². The van der Waals surface area contributed by atoms with Crippen LogP contribution in [-0.2, 0) is 4.79 Å². The zero-order valence-corrected chi connectivity index (χ0v) is 20.0. The fourth-order valence-electron chi connectivity index (χ4n) is 4.10. The fourth-order valence-corrected chi connectivity index (χ4v) is 4.72. The third-order valence-electron chi connectivity index (χ3n) is 5.79. The van der Waals surface area contributed by atoms with E-state index in [0.717, 1.165) is 11.4 Å². The van der Waals surface area contributed by atoms with Crippen molar-refractivity contribution in [3.05, 3.63) is 62.6 Å². The van der Waals surface area contributed by atoms with Crippen LogP contribution in [0.3, 0.4) is 0 Å². The van der Waals surface area contributed by atoms with Crippen LogP contribution in [0.1, 0.15) is 27.3 Å². The van der Waals surface area contributed by atoms with Gasteiger partial charge in [-0.25, -0.2) is 24.7 Å². The average Bonchev–Trinajstić information content (AvgIpc) is 3.26. The summed E-state index contributed by atoms with van der Waals surface area (Å²) < 4.78 is 1.53. The third-order valence-corrected chi connectivity index (χ3v) is 6.56. The molecule has 1 amide bonds. The Morgan fingerprint density at radius 1 is 1.11 bits per heavy atom. The van der Waals surface area contributed by atoms with Gasteiger partial charge in [0.2, 0.25) is 17.3 Å². The van der Waals surface area contributed by atoms with E-state index in [1.54, 1.807) is 24.6 Å². The minimum Gasteiger partial charge on any atom is -0.477 e. The van der Waals surface area contributed by atoms with Gasteiger partial charge in [-0.3, -0.25) is 19.5 Å². The summed E-state index contributed by atoms with van der Waals surface area (Å²) in [5.74, 6) is -0.876. The summed E-state index contributed by atoms with van der Waals surface area (Å²) in [5, 5.41) is 14.8. The number of fused-ring (bicyclic) bond motifs is 1. The second-order valence-corrected chi connectivity index (χ2v) is 9.30. The first-order valence-electron chi connectivity index (χ1n) is 10.8. The molecule has 0 unspecified atom stereocenters. The normalized spacial score (nSPS) is 13.6. The topological polar surface area (TPSA) is 143 Å². The molecule has 11 nitrogen and oxygen atoms in total. The lowest BCUT2D eigenvalue weighted by atomic mass is 9.98. The Kier molecular flexibility index (Phi) is 5.52. The van der Waals surface area contributed by atoms with Gasteiger partial charge in [0, 0.05) is 42.3 Å². The van der Waals surface area contributed by atoms with Crippen LogP contribution in [0.5, 0.6) is 0 Å². The zero-order chi connectivity index (χ0) is 24.9. The van der Waals surface area contributed by atoms with E-state index in [4.69, 9.17) is 0 Å². The molecule has 0 aromatic carbocycles. The first kappa shape index (κ1) is 22.6. The van der Waals surface area contributed by atoms with Crippen LogP contribution in [0, 0.1) is 26.7 Å². The molecule has 4 aromatic rings. The van der Waals surface area contributed by atoms with E-state index in [9.17, 15) is 19.5 Å². The predicted octanol–water partition coefficient (Wildman–Crippen LogP) is 2.33. The number of nitrogens with zero attached hydrogens (tertiary/aromatic N) is 6. The highest BCUT2D eigenvalue weighted by atomic mass is 32.1. The quantitative estimate of drug-likeness (QED) is 0.430. The number of rotatable bonds is 5. The molecule has 12 heteroatoms. The maximum Gasteiger partial charge on any atom is 0.341 e. The number of anilines is 2. The van der Waals surface area contributed by atoms with E-state index < -0.39 is 11.4 Å². The van der Waals surface area contributed by atoms with Crippen molar-refractivity contribution in [1.82, 2.24) is 24.5 Å². The van der Waals surface area contributed by atoms with Crippen LogP contribution in [0.2, 0.25) is 0 Å². The molecular weight excluding hydrogens is 470 g/mol. The van der Waals surface area contributed by atoms with Gasteiger partial charge in [-0.1, -0.05) is 0 Å². The number of hydrogen-bond donors (Lipinski definition) is 2. The summed E-state index contributed by atoms with van der Waals surface area (Å²) in [7, 11) is 0. The molecule has 1 aliphatic rings. The Bertz CT molecular complexity index is 1520. The maximum absolute atomic E-state index is 12.9. The van der Waals surface area contributed by atoms with Crippen molar-refractivity contribution in [2.75, 3.05) is 23.3 Å². The molecule has 178 valence electrons. The Morgan fingerprint density at radius 2 is 1.83 bits per heavy atom. The number of aromatic nitrogens is 5. The smallest absolute Gasteiger partial charge is 0.341 e. The second kappa shape index (κ2) is 8.55.